The maximum absolute atomic E-state index is 12.3. The third-order valence-corrected chi connectivity index (χ3v) is 6.97. The van der Waals surface area contributed by atoms with Crippen molar-refractivity contribution in [2.75, 3.05) is 19.6 Å². The van der Waals surface area contributed by atoms with Crippen LogP contribution in [0.3, 0.4) is 0 Å². The highest BCUT2D eigenvalue weighted by atomic mass is 16.5. The fourth-order valence-corrected chi connectivity index (χ4v) is 5.55. The molecule has 6 heterocycles. The summed E-state index contributed by atoms with van der Waals surface area (Å²) < 4.78 is 6.83. The normalized spacial score (nSPS) is 34.1. The fourth-order valence-electron chi connectivity index (χ4n) is 5.55. The Morgan fingerprint density at radius 2 is 2.26 bits per heavy atom. The van der Waals surface area contributed by atoms with Crippen LogP contribution in [0.5, 0.6) is 0 Å². The monoisotopic (exact) mass is 365 g/mol. The lowest BCUT2D eigenvalue weighted by atomic mass is 9.66. The average Bonchev–Trinajstić information content (AvgIpc) is 2.73. The predicted molar refractivity (Wildman–Crippen MR) is 105 cm³/mol. The van der Waals surface area contributed by atoms with E-state index in [1.807, 2.05) is 31.3 Å². The molecule has 1 unspecified atom stereocenters. The molecule has 5 aliphatic heterocycles. The van der Waals surface area contributed by atoms with E-state index in [0.29, 0.717) is 24.1 Å². The van der Waals surface area contributed by atoms with Crippen LogP contribution in [-0.4, -0.2) is 47.1 Å². The molecular weight excluding hydrogens is 338 g/mol. The van der Waals surface area contributed by atoms with Gasteiger partial charge in [-0.15, -0.1) is 0 Å². The van der Waals surface area contributed by atoms with Crippen molar-refractivity contribution in [1.82, 2.24) is 15.2 Å². The second-order valence-electron chi connectivity index (χ2n) is 8.21. The van der Waals surface area contributed by atoms with Crippen LogP contribution < -0.4 is 5.32 Å². The van der Waals surface area contributed by atoms with Gasteiger partial charge in [0.15, 0.2) is 0 Å². The largest absolute Gasteiger partial charge is 0.364 e. The quantitative estimate of drug-likeness (QED) is 0.903. The summed E-state index contributed by atoms with van der Waals surface area (Å²) in [5.74, 6) is 0.654. The number of carbonyl (C=O) groups excluding carboxylic acids is 1. The molecular formula is C22H27N3O2. The van der Waals surface area contributed by atoms with E-state index in [4.69, 9.17) is 4.74 Å². The first-order chi connectivity index (χ1) is 13.1. The van der Waals surface area contributed by atoms with Gasteiger partial charge < -0.3 is 10.1 Å². The molecule has 0 spiro atoms. The number of morpholine rings is 1. The zero-order chi connectivity index (χ0) is 18.6. The third kappa shape index (κ3) is 2.52. The molecule has 142 valence electrons. The number of ether oxygens (including phenoxy) is 1. The first-order valence-electron chi connectivity index (χ1n) is 10.2. The van der Waals surface area contributed by atoms with Gasteiger partial charge in [-0.25, -0.2) is 0 Å². The first kappa shape index (κ1) is 17.1. The summed E-state index contributed by atoms with van der Waals surface area (Å²) >= 11 is 0. The van der Waals surface area contributed by atoms with Crippen LogP contribution in [0.15, 0.2) is 30.5 Å². The van der Waals surface area contributed by atoms with Crippen LogP contribution in [0.1, 0.15) is 55.1 Å². The van der Waals surface area contributed by atoms with Crippen LogP contribution in [0.4, 0.5) is 0 Å². The van der Waals surface area contributed by atoms with E-state index in [0.717, 1.165) is 23.9 Å². The summed E-state index contributed by atoms with van der Waals surface area (Å²) in [6.45, 7) is 7.08. The predicted octanol–water partition coefficient (Wildman–Crippen LogP) is 3.30. The average molecular weight is 365 g/mol. The molecule has 5 aliphatic rings. The number of carbonyl (C=O) groups is 1. The number of nitrogens with one attached hydrogen (secondary N) is 1. The second-order valence-corrected chi connectivity index (χ2v) is 8.21. The molecule has 27 heavy (non-hydrogen) atoms. The number of pyridine rings is 1. The van der Waals surface area contributed by atoms with Gasteiger partial charge >= 0.3 is 0 Å². The van der Waals surface area contributed by atoms with E-state index < -0.39 is 0 Å². The van der Waals surface area contributed by atoms with E-state index in [2.05, 4.69) is 28.2 Å². The number of hydrogen-bond donors (Lipinski definition) is 1. The Hall–Kier alpha value is -1.98. The Kier molecular flexibility index (Phi) is 3.99. The number of benzene rings is 1. The van der Waals surface area contributed by atoms with Gasteiger partial charge in [-0.1, -0.05) is 6.92 Å². The van der Waals surface area contributed by atoms with Crippen LogP contribution >= 0.6 is 0 Å². The Morgan fingerprint density at radius 1 is 1.37 bits per heavy atom. The summed E-state index contributed by atoms with van der Waals surface area (Å²) in [5, 5.41) is 3.93. The molecule has 1 aromatic carbocycles. The number of piperidine rings is 3. The number of fused-ring (bicyclic) bond motifs is 3. The molecule has 0 radical (unpaired) electrons. The molecule has 1 amide bonds. The maximum Gasteiger partial charge on any atom is 0.251 e. The molecule has 2 aromatic rings. The SMILES string of the molecule is CCNC(=O)c1ccc2nccc([C@@H]3O[C@@]4(CC)CN5CC[C@H]4C[C@H]35)c2c1. The number of nitrogens with zero attached hydrogens (tertiary/aromatic N) is 2. The van der Waals surface area contributed by atoms with Crippen molar-refractivity contribution in [3.8, 4) is 0 Å². The van der Waals surface area contributed by atoms with E-state index in [9.17, 15) is 4.79 Å². The minimum absolute atomic E-state index is 0.00947. The van der Waals surface area contributed by atoms with Gasteiger partial charge in [0, 0.05) is 36.3 Å². The lowest BCUT2D eigenvalue weighted by molar-refractivity contribution is -0.274. The van der Waals surface area contributed by atoms with E-state index in [1.54, 1.807) is 0 Å². The van der Waals surface area contributed by atoms with Gasteiger partial charge in [-0.2, -0.15) is 0 Å². The fraction of sp³-hybridized carbons (Fsp3) is 0.545. The van der Waals surface area contributed by atoms with E-state index >= 15 is 0 Å². The molecule has 5 heteroatoms. The number of aromatic nitrogens is 1. The first-order valence-corrected chi connectivity index (χ1v) is 10.2. The van der Waals surface area contributed by atoms with Crippen molar-refractivity contribution in [2.24, 2.45) is 5.92 Å². The van der Waals surface area contributed by atoms with Crippen LogP contribution in [0.25, 0.3) is 10.9 Å². The lowest BCUT2D eigenvalue weighted by Crippen LogP contribution is -2.70. The zero-order valence-corrected chi connectivity index (χ0v) is 16.1. The maximum atomic E-state index is 12.3. The molecule has 5 fully saturated rings. The molecule has 5 atom stereocenters. The Morgan fingerprint density at radius 3 is 3.00 bits per heavy atom. The van der Waals surface area contributed by atoms with Crippen molar-refractivity contribution < 1.29 is 9.53 Å². The Labute approximate surface area is 160 Å². The highest BCUT2D eigenvalue weighted by Gasteiger charge is 2.58. The highest BCUT2D eigenvalue weighted by Crippen LogP contribution is 2.54. The number of rotatable bonds is 4. The summed E-state index contributed by atoms with van der Waals surface area (Å²) in [6.07, 6.45) is 5.48. The highest BCUT2D eigenvalue weighted by molar-refractivity contribution is 5.98. The third-order valence-electron chi connectivity index (χ3n) is 6.97. The van der Waals surface area contributed by atoms with Crippen LogP contribution in [-0.2, 0) is 4.74 Å². The molecule has 5 nitrogen and oxygen atoms in total. The van der Waals surface area contributed by atoms with Gasteiger partial charge in [0.2, 0.25) is 0 Å². The lowest BCUT2D eigenvalue weighted by Gasteiger charge is -2.64. The molecule has 5 saturated heterocycles. The van der Waals surface area contributed by atoms with E-state index in [1.165, 1.54) is 24.9 Å². The van der Waals surface area contributed by atoms with E-state index in [-0.39, 0.29) is 17.6 Å². The smallest absolute Gasteiger partial charge is 0.251 e. The molecule has 1 aromatic heterocycles. The summed E-state index contributed by atoms with van der Waals surface area (Å²) in [6, 6.07) is 8.33. The van der Waals surface area contributed by atoms with Crippen molar-refractivity contribution in [3.05, 3.63) is 41.6 Å². The van der Waals surface area contributed by atoms with Gasteiger partial charge in [-0.3, -0.25) is 14.7 Å². The Bertz CT molecular complexity index is 898. The Balaban J connectivity index is 1.59. The summed E-state index contributed by atoms with van der Waals surface area (Å²) in [7, 11) is 0. The van der Waals surface area contributed by atoms with Crippen LogP contribution in [0, 0.1) is 5.92 Å². The molecule has 0 aliphatic carbocycles. The zero-order valence-electron chi connectivity index (χ0n) is 16.1. The minimum Gasteiger partial charge on any atom is -0.364 e. The standard InChI is InChI=1S/C22H27N3O2/c1-3-22-13-25-10-8-15(22)12-19(25)20(27-22)16-7-9-24-18-6-5-14(11-17(16)18)21(26)23-4-2/h5-7,9,11,15,19-20H,3-4,8,10,12-13H2,1-2H3,(H,23,26)/t15-,19+,20-,22-/m0/s1. The van der Waals surface area contributed by atoms with Crippen molar-refractivity contribution >= 4 is 16.8 Å². The molecule has 0 saturated carbocycles. The second kappa shape index (κ2) is 6.28. The summed E-state index contributed by atoms with van der Waals surface area (Å²) in [5.41, 5.74) is 2.78. The van der Waals surface area contributed by atoms with Gasteiger partial charge in [0.25, 0.3) is 5.91 Å². The minimum atomic E-state index is -0.0341. The van der Waals surface area contributed by atoms with Crippen LogP contribution in [0.2, 0.25) is 0 Å². The van der Waals surface area contributed by atoms with Gasteiger partial charge in [-0.05, 0) is 68.5 Å². The molecule has 4 bridgehead atoms. The summed E-state index contributed by atoms with van der Waals surface area (Å²) in [4.78, 5) is 19.5. The number of hydrogen-bond acceptors (Lipinski definition) is 4. The van der Waals surface area contributed by atoms with Crippen molar-refractivity contribution in [3.63, 3.8) is 0 Å². The van der Waals surface area contributed by atoms with Gasteiger partial charge in [0.1, 0.15) is 0 Å². The molecule has 1 N–H and O–H groups in total. The van der Waals surface area contributed by atoms with Crippen molar-refractivity contribution in [1.29, 1.82) is 0 Å². The number of amides is 1. The topological polar surface area (TPSA) is 54.5 Å². The molecule has 7 rings (SSSR count). The van der Waals surface area contributed by atoms with Crippen molar-refractivity contribution in [2.45, 2.75) is 50.9 Å². The van der Waals surface area contributed by atoms with Gasteiger partial charge in [0.05, 0.1) is 17.2 Å².